The second-order valence-electron chi connectivity index (χ2n) is 7.00. The molecule has 1 saturated heterocycles. The summed E-state index contributed by atoms with van der Waals surface area (Å²) >= 11 is 0. The van der Waals surface area contributed by atoms with Crippen molar-refractivity contribution in [1.82, 2.24) is 10.2 Å². The number of piperidine rings is 1. The minimum atomic E-state index is 0.679. The van der Waals surface area contributed by atoms with Crippen molar-refractivity contribution in [2.75, 3.05) is 39.9 Å². The SMILES string of the molecule is COCCCNCC(C)N1CCC2(CCCCC2)CC1. The molecule has 2 fully saturated rings. The summed E-state index contributed by atoms with van der Waals surface area (Å²) in [5.74, 6) is 0. The van der Waals surface area contributed by atoms with Crippen LogP contribution in [-0.2, 0) is 4.74 Å². The van der Waals surface area contributed by atoms with Crippen LogP contribution in [0.5, 0.6) is 0 Å². The number of hydrogen-bond acceptors (Lipinski definition) is 3. The monoisotopic (exact) mass is 282 g/mol. The van der Waals surface area contributed by atoms with Crippen molar-refractivity contribution >= 4 is 0 Å². The predicted octanol–water partition coefficient (Wildman–Crippen LogP) is 3.05. The highest BCUT2D eigenvalue weighted by Crippen LogP contribution is 2.44. The van der Waals surface area contributed by atoms with Gasteiger partial charge in [0.05, 0.1) is 0 Å². The Kier molecular flexibility index (Phi) is 6.79. The van der Waals surface area contributed by atoms with E-state index in [4.69, 9.17) is 4.74 Å². The number of likely N-dealkylation sites (tertiary alicyclic amines) is 1. The normalized spacial score (nSPS) is 24.9. The molecule has 1 atom stereocenters. The van der Waals surface area contributed by atoms with E-state index in [0.29, 0.717) is 6.04 Å². The van der Waals surface area contributed by atoms with Crippen LogP contribution >= 0.6 is 0 Å². The molecule has 1 saturated carbocycles. The van der Waals surface area contributed by atoms with Crippen molar-refractivity contribution in [2.45, 2.75) is 64.3 Å². The maximum Gasteiger partial charge on any atom is 0.0474 e. The standard InChI is InChI=1S/C17H34N2O/c1-16(15-18-11-6-14-20-2)19-12-9-17(10-13-19)7-4-3-5-8-17/h16,18H,3-15H2,1-2H3. The molecular formula is C17H34N2O. The highest BCUT2D eigenvalue weighted by molar-refractivity contribution is 4.89. The molecule has 1 spiro atoms. The fourth-order valence-electron chi connectivity index (χ4n) is 4.02. The lowest BCUT2D eigenvalue weighted by Gasteiger charge is -2.46. The highest BCUT2D eigenvalue weighted by Gasteiger charge is 2.36. The summed E-state index contributed by atoms with van der Waals surface area (Å²) in [7, 11) is 1.78. The Balaban J connectivity index is 1.62. The zero-order valence-corrected chi connectivity index (χ0v) is 13.6. The molecule has 3 heteroatoms. The molecule has 1 aliphatic heterocycles. The van der Waals surface area contributed by atoms with Gasteiger partial charge in [-0.1, -0.05) is 19.3 Å². The first-order valence-electron chi connectivity index (χ1n) is 8.69. The molecule has 1 unspecified atom stereocenters. The van der Waals surface area contributed by atoms with Gasteiger partial charge in [-0.05, 0) is 64.1 Å². The number of rotatable bonds is 7. The minimum Gasteiger partial charge on any atom is -0.385 e. The lowest BCUT2D eigenvalue weighted by molar-refractivity contribution is 0.0489. The Bertz CT molecular complexity index is 254. The van der Waals surface area contributed by atoms with E-state index in [0.717, 1.165) is 31.5 Å². The van der Waals surface area contributed by atoms with Gasteiger partial charge in [0.1, 0.15) is 0 Å². The van der Waals surface area contributed by atoms with Crippen LogP contribution in [0.3, 0.4) is 0 Å². The smallest absolute Gasteiger partial charge is 0.0474 e. The van der Waals surface area contributed by atoms with Crippen LogP contribution in [-0.4, -0.2) is 50.8 Å². The lowest BCUT2D eigenvalue weighted by Crippen LogP contribution is -2.48. The molecule has 0 bridgehead atoms. The van der Waals surface area contributed by atoms with E-state index in [-0.39, 0.29) is 0 Å². The fourth-order valence-corrected chi connectivity index (χ4v) is 4.02. The Morgan fingerprint density at radius 1 is 1.10 bits per heavy atom. The zero-order valence-electron chi connectivity index (χ0n) is 13.6. The first-order chi connectivity index (χ1) is 9.76. The zero-order chi connectivity index (χ0) is 14.3. The Morgan fingerprint density at radius 3 is 2.45 bits per heavy atom. The number of nitrogens with one attached hydrogen (secondary N) is 1. The Labute approximate surface area is 125 Å². The molecule has 1 N–H and O–H groups in total. The molecule has 0 amide bonds. The largest absolute Gasteiger partial charge is 0.385 e. The van der Waals surface area contributed by atoms with Gasteiger partial charge in [0, 0.05) is 26.3 Å². The summed E-state index contributed by atoms with van der Waals surface area (Å²) in [6.07, 6.45) is 11.5. The average molecular weight is 282 g/mol. The van der Waals surface area contributed by atoms with Crippen molar-refractivity contribution < 1.29 is 4.74 Å². The van der Waals surface area contributed by atoms with E-state index in [1.165, 1.54) is 58.0 Å². The molecule has 1 aliphatic carbocycles. The van der Waals surface area contributed by atoms with Crippen LogP contribution < -0.4 is 5.32 Å². The number of ether oxygens (including phenoxy) is 1. The molecule has 0 aromatic heterocycles. The van der Waals surface area contributed by atoms with E-state index >= 15 is 0 Å². The number of hydrogen-bond donors (Lipinski definition) is 1. The summed E-state index contributed by atoms with van der Waals surface area (Å²) in [5, 5.41) is 3.57. The summed E-state index contributed by atoms with van der Waals surface area (Å²) in [6.45, 7) is 8.09. The van der Waals surface area contributed by atoms with Gasteiger partial charge in [0.15, 0.2) is 0 Å². The lowest BCUT2D eigenvalue weighted by atomic mass is 9.68. The van der Waals surface area contributed by atoms with Crippen LogP contribution in [0.4, 0.5) is 0 Å². The second-order valence-corrected chi connectivity index (χ2v) is 7.00. The van der Waals surface area contributed by atoms with Crippen LogP contribution in [0.2, 0.25) is 0 Å². The first-order valence-corrected chi connectivity index (χ1v) is 8.69. The third-order valence-corrected chi connectivity index (χ3v) is 5.54. The molecule has 0 radical (unpaired) electrons. The molecule has 1 heterocycles. The van der Waals surface area contributed by atoms with Gasteiger partial charge < -0.3 is 10.1 Å². The van der Waals surface area contributed by atoms with Crippen molar-refractivity contribution in [3.63, 3.8) is 0 Å². The number of nitrogens with zero attached hydrogens (tertiary/aromatic N) is 1. The second kappa shape index (κ2) is 8.35. The maximum atomic E-state index is 5.08. The molecular weight excluding hydrogens is 248 g/mol. The molecule has 3 nitrogen and oxygen atoms in total. The van der Waals surface area contributed by atoms with Gasteiger partial charge in [0.25, 0.3) is 0 Å². The van der Waals surface area contributed by atoms with Crippen LogP contribution in [0.15, 0.2) is 0 Å². The first kappa shape index (κ1) is 16.3. The van der Waals surface area contributed by atoms with Crippen molar-refractivity contribution in [1.29, 1.82) is 0 Å². The van der Waals surface area contributed by atoms with E-state index in [9.17, 15) is 0 Å². The third kappa shape index (κ3) is 4.71. The summed E-state index contributed by atoms with van der Waals surface area (Å²) in [5.41, 5.74) is 0.736. The van der Waals surface area contributed by atoms with Gasteiger partial charge in [-0.2, -0.15) is 0 Å². The van der Waals surface area contributed by atoms with Gasteiger partial charge >= 0.3 is 0 Å². The molecule has 0 aromatic rings. The van der Waals surface area contributed by atoms with Crippen LogP contribution in [0, 0.1) is 5.41 Å². The van der Waals surface area contributed by atoms with E-state index < -0.39 is 0 Å². The fraction of sp³-hybridized carbons (Fsp3) is 1.00. The summed E-state index contributed by atoms with van der Waals surface area (Å²) in [4.78, 5) is 2.70. The van der Waals surface area contributed by atoms with E-state index in [2.05, 4.69) is 17.1 Å². The van der Waals surface area contributed by atoms with E-state index in [1.54, 1.807) is 7.11 Å². The topological polar surface area (TPSA) is 24.5 Å². The van der Waals surface area contributed by atoms with Crippen molar-refractivity contribution in [3.8, 4) is 0 Å². The molecule has 118 valence electrons. The summed E-state index contributed by atoms with van der Waals surface area (Å²) < 4.78 is 5.08. The van der Waals surface area contributed by atoms with Crippen molar-refractivity contribution in [3.05, 3.63) is 0 Å². The van der Waals surface area contributed by atoms with Gasteiger partial charge in [-0.3, -0.25) is 4.90 Å². The van der Waals surface area contributed by atoms with Gasteiger partial charge in [-0.25, -0.2) is 0 Å². The van der Waals surface area contributed by atoms with E-state index in [1.807, 2.05) is 0 Å². The molecule has 2 aliphatic rings. The molecule has 0 aromatic carbocycles. The van der Waals surface area contributed by atoms with Crippen LogP contribution in [0.1, 0.15) is 58.3 Å². The average Bonchev–Trinajstić information content (AvgIpc) is 2.48. The maximum absolute atomic E-state index is 5.08. The van der Waals surface area contributed by atoms with Crippen LogP contribution in [0.25, 0.3) is 0 Å². The third-order valence-electron chi connectivity index (χ3n) is 5.54. The minimum absolute atomic E-state index is 0.679. The number of methoxy groups -OCH3 is 1. The van der Waals surface area contributed by atoms with Gasteiger partial charge in [0.2, 0.25) is 0 Å². The van der Waals surface area contributed by atoms with Crippen molar-refractivity contribution in [2.24, 2.45) is 5.41 Å². The molecule has 20 heavy (non-hydrogen) atoms. The Morgan fingerprint density at radius 2 is 1.80 bits per heavy atom. The van der Waals surface area contributed by atoms with Gasteiger partial charge in [-0.15, -0.1) is 0 Å². The molecule has 2 rings (SSSR count). The highest BCUT2D eigenvalue weighted by atomic mass is 16.5. The quantitative estimate of drug-likeness (QED) is 0.726. The Hall–Kier alpha value is -0.120. The summed E-state index contributed by atoms with van der Waals surface area (Å²) in [6, 6.07) is 0.679. The predicted molar refractivity (Wildman–Crippen MR) is 85.1 cm³/mol.